The third-order valence-electron chi connectivity index (χ3n) is 2.49. The number of hydrogen-bond acceptors (Lipinski definition) is 5. The van der Waals surface area contributed by atoms with E-state index in [1.165, 1.54) is 6.20 Å². The van der Waals surface area contributed by atoms with E-state index in [2.05, 4.69) is 15.3 Å². The quantitative estimate of drug-likeness (QED) is 0.728. The molecule has 0 atom stereocenters. The summed E-state index contributed by atoms with van der Waals surface area (Å²) in [6.45, 7) is 1.70. The fourth-order valence-electron chi connectivity index (χ4n) is 1.67. The Morgan fingerprint density at radius 3 is 2.95 bits per heavy atom. The fourth-order valence-corrected chi connectivity index (χ4v) is 1.67. The number of H-pyrrole nitrogens is 1. The maximum atomic E-state index is 11.8. The molecular weight excluding hydrogens is 250 g/mol. The lowest BCUT2D eigenvalue weighted by Crippen LogP contribution is -2.11. The lowest BCUT2D eigenvalue weighted by molar-refractivity contribution is 0.0989. The zero-order valence-corrected chi connectivity index (χ0v) is 9.89. The van der Waals surface area contributed by atoms with Crippen LogP contribution in [-0.2, 0) is 0 Å². The molecule has 0 unspecified atom stereocenters. The number of benzene rings is 1. The Morgan fingerprint density at radius 1 is 1.37 bits per heavy atom. The van der Waals surface area contributed by atoms with Crippen LogP contribution in [0, 0.1) is 6.92 Å². The Hall–Kier alpha value is -2.83. The highest BCUT2D eigenvalue weighted by Crippen LogP contribution is 2.17. The van der Waals surface area contributed by atoms with Gasteiger partial charge in [-0.25, -0.2) is 9.78 Å². The van der Waals surface area contributed by atoms with Gasteiger partial charge in [0.25, 0.3) is 5.89 Å². The molecule has 0 aliphatic heterocycles. The zero-order valence-electron chi connectivity index (χ0n) is 9.89. The van der Waals surface area contributed by atoms with E-state index in [-0.39, 0.29) is 5.89 Å². The monoisotopic (exact) mass is 259 g/mol. The first-order chi connectivity index (χ1) is 9.11. The molecule has 96 valence electrons. The second-order valence-corrected chi connectivity index (χ2v) is 3.96. The van der Waals surface area contributed by atoms with Crippen molar-refractivity contribution in [1.82, 2.24) is 9.97 Å². The van der Waals surface area contributed by atoms with Crippen LogP contribution < -0.4 is 11.1 Å². The molecule has 2 heterocycles. The topological polar surface area (TPSA) is 101 Å². The van der Waals surface area contributed by atoms with Crippen molar-refractivity contribution in [3.05, 3.63) is 46.6 Å². The van der Waals surface area contributed by atoms with Crippen molar-refractivity contribution in [3.8, 4) is 0 Å². The molecule has 2 N–H and O–H groups in total. The summed E-state index contributed by atoms with van der Waals surface area (Å²) >= 11 is 0. The number of hydrogen-bond donors (Lipinski definition) is 2. The van der Waals surface area contributed by atoms with Crippen LogP contribution in [-0.4, -0.2) is 15.9 Å². The number of carbonyl (C=O) groups excluding carboxylic acids is 1. The number of nitrogens with zero attached hydrogens (tertiary/aromatic N) is 1. The van der Waals surface area contributed by atoms with Crippen molar-refractivity contribution >= 4 is 22.7 Å². The number of anilines is 1. The number of nitrogens with one attached hydrogen (secondary N) is 2. The molecular formula is C12H9N3O4. The van der Waals surface area contributed by atoms with E-state index < -0.39 is 11.7 Å². The van der Waals surface area contributed by atoms with Gasteiger partial charge in [0.05, 0.1) is 11.7 Å². The smallest absolute Gasteiger partial charge is 0.417 e. The first kappa shape index (κ1) is 11.3. The lowest BCUT2D eigenvalue weighted by atomic mass is 10.3. The Balaban J connectivity index is 1.88. The summed E-state index contributed by atoms with van der Waals surface area (Å²) in [6.07, 6.45) is 1.46. The molecule has 0 fully saturated rings. The Kier molecular flexibility index (Phi) is 2.45. The van der Waals surface area contributed by atoms with Crippen LogP contribution in [0.15, 0.2) is 38.0 Å². The van der Waals surface area contributed by atoms with Crippen molar-refractivity contribution in [2.45, 2.75) is 6.92 Å². The van der Waals surface area contributed by atoms with E-state index in [1.807, 2.05) is 0 Å². The number of carbonyl (C=O) groups is 1. The van der Waals surface area contributed by atoms with Crippen molar-refractivity contribution in [1.29, 1.82) is 0 Å². The van der Waals surface area contributed by atoms with E-state index >= 15 is 0 Å². The SMILES string of the molecule is Cc1cnc(C(=O)Nc2ccc3[nH]c(=O)oc3c2)o1. The third-order valence-corrected chi connectivity index (χ3v) is 2.49. The van der Waals surface area contributed by atoms with Crippen molar-refractivity contribution in [3.63, 3.8) is 0 Å². The van der Waals surface area contributed by atoms with Crippen LogP contribution in [0.5, 0.6) is 0 Å². The molecule has 3 rings (SSSR count). The van der Waals surface area contributed by atoms with Gasteiger partial charge in [0.15, 0.2) is 5.58 Å². The minimum Gasteiger partial charge on any atom is -0.438 e. The zero-order chi connectivity index (χ0) is 13.4. The maximum Gasteiger partial charge on any atom is 0.417 e. The van der Waals surface area contributed by atoms with Crippen LogP contribution in [0.3, 0.4) is 0 Å². The highest BCUT2D eigenvalue weighted by atomic mass is 16.4. The van der Waals surface area contributed by atoms with Gasteiger partial charge in [-0.05, 0) is 19.1 Å². The van der Waals surface area contributed by atoms with Crippen LogP contribution in [0.25, 0.3) is 11.1 Å². The molecule has 7 nitrogen and oxygen atoms in total. The standard InChI is InChI=1S/C12H9N3O4/c1-6-5-13-11(18-6)10(16)14-7-2-3-8-9(4-7)19-12(17)15-8/h2-5H,1H3,(H,14,16)(H,15,17). The highest BCUT2D eigenvalue weighted by Gasteiger charge is 2.12. The maximum absolute atomic E-state index is 11.8. The van der Waals surface area contributed by atoms with Crippen LogP contribution in [0.1, 0.15) is 16.4 Å². The van der Waals surface area contributed by atoms with Gasteiger partial charge in [0.1, 0.15) is 5.76 Å². The fraction of sp³-hybridized carbons (Fsp3) is 0.0833. The normalized spacial score (nSPS) is 10.8. The van der Waals surface area contributed by atoms with Crippen LogP contribution in [0.2, 0.25) is 0 Å². The number of fused-ring (bicyclic) bond motifs is 1. The molecule has 0 radical (unpaired) electrons. The molecule has 0 saturated heterocycles. The summed E-state index contributed by atoms with van der Waals surface area (Å²) in [7, 11) is 0. The molecule has 0 saturated carbocycles. The van der Waals surface area contributed by atoms with Crippen molar-refractivity contribution in [2.24, 2.45) is 0 Å². The van der Waals surface area contributed by atoms with Gasteiger partial charge >= 0.3 is 11.7 Å². The van der Waals surface area contributed by atoms with E-state index in [9.17, 15) is 9.59 Å². The first-order valence-electron chi connectivity index (χ1n) is 5.48. The van der Waals surface area contributed by atoms with Gasteiger partial charge in [0.2, 0.25) is 0 Å². The molecule has 7 heteroatoms. The van der Waals surface area contributed by atoms with Crippen LogP contribution in [0.4, 0.5) is 5.69 Å². The molecule has 0 bridgehead atoms. The lowest BCUT2D eigenvalue weighted by Gasteiger charge is -2.01. The predicted octanol–water partition coefficient (Wildman–Crippen LogP) is 1.67. The number of amides is 1. The van der Waals surface area contributed by atoms with Gasteiger partial charge in [-0.15, -0.1) is 0 Å². The second-order valence-electron chi connectivity index (χ2n) is 3.96. The molecule has 0 spiro atoms. The Bertz CT molecular complexity index is 812. The molecule has 2 aromatic heterocycles. The minimum atomic E-state index is -0.540. The average Bonchev–Trinajstić information content (AvgIpc) is 2.93. The summed E-state index contributed by atoms with van der Waals surface area (Å²) < 4.78 is 10.0. The van der Waals surface area contributed by atoms with E-state index in [0.717, 1.165) is 0 Å². The van der Waals surface area contributed by atoms with Crippen molar-refractivity contribution < 1.29 is 13.6 Å². The summed E-state index contributed by atoms with van der Waals surface area (Å²) in [5, 5.41) is 2.60. The summed E-state index contributed by atoms with van der Waals surface area (Å²) in [5.41, 5.74) is 1.41. The average molecular weight is 259 g/mol. The van der Waals surface area contributed by atoms with Crippen molar-refractivity contribution in [2.75, 3.05) is 5.32 Å². The number of rotatable bonds is 2. The largest absolute Gasteiger partial charge is 0.438 e. The van der Waals surface area contributed by atoms with E-state index in [1.54, 1.807) is 25.1 Å². The number of aryl methyl sites for hydroxylation is 1. The molecule has 0 aliphatic rings. The summed E-state index contributed by atoms with van der Waals surface area (Å²) in [4.78, 5) is 29.1. The number of aromatic amines is 1. The highest BCUT2D eigenvalue weighted by molar-refractivity contribution is 6.01. The van der Waals surface area contributed by atoms with Gasteiger partial charge in [0, 0.05) is 11.8 Å². The predicted molar refractivity (Wildman–Crippen MR) is 66.0 cm³/mol. The summed E-state index contributed by atoms with van der Waals surface area (Å²) in [6, 6.07) is 4.82. The second kappa shape index (κ2) is 4.13. The van der Waals surface area contributed by atoms with Gasteiger partial charge in [-0.2, -0.15) is 0 Å². The molecule has 0 aliphatic carbocycles. The van der Waals surface area contributed by atoms with Gasteiger partial charge < -0.3 is 14.2 Å². The Morgan fingerprint density at radius 2 is 2.21 bits per heavy atom. The van der Waals surface area contributed by atoms with E-state index in [0.29, 0.717) is 22.5 Å². The number of aromatic nitrogens is 2. The number of oxazole rings is 2. The van der Waals surface area contributed by atoms with Crippen LogP contribution >= 0.6 is 0 Å². The third kappa shape index (κ3) is 2.13. The molecule has 19 heavy (non-hydrogen) atoms. The first-order valence-corrected chi connectivity index (χ1v) is 5.48. The summed E-state index contributed by atoms with van der Waals surface area (Å²) in [5.74, 6) is -0.475. The molecule has 1 amide bonds. The Labute approximate surface area is 106 Å². The van der Waals surface area contributed by atoms with Gasteiger partial charge in [-0.1, -0.05) is 0 Å². The molecule has 1 aromatic carbocycles. The van der Waals surface area contributed by atoms with E-state index in [4.69, 9.17) is 8.83 Å². The molecule has 3 aromatic rings. The van der Waals surface area contributed by atoms with Gasteiger partial charge in [-0.3, -0.25) is 9.78 Å². The minimum absolute atomic E-state index is 0.0203.